The third-order valence-corrected chi connectivity index (χ3v) is 4.01. The lowest BCUT2D eigenvalue weighted by Gasteiger charge is -2.20. The van der Waals surface area contributed by atoms with E-state index in [1.165, 1.54) is 0 Å². The summed E-state index contributed by atoms with van der Waals surface area (Å²) in [5.41, 5.74) is 6.64. The fourth-order valence-corrected chi connectivity index (χ4v) is 2.89. The van der Waals surface area contributed by atoms with Crippen LogP contribution >= 0.6 is 11.6 Å². The number of carbonyl (C=O) groups is 1. The highest BCUT2D eigenvalue weighted by Crippen LogP contribution is 2.34. The highest BCUT2D eigenvalue weighted by Gasteiger charge is 2.41. The van der Waals surface area contributed by atoms with Crippen molar-refractivity contribution in [1.82, 2.24) is 5.32 Å². The molecule has 0 saturated carbocycles. The van der Waals surface area contributed by atoms with Crippen LogP contribution in [0.5, 0.6) is 0 Å². The van der Waals surface area contributed by atoms with Crippen LogP contribution in [0.25, 0.3) is 0 Å². The van der Waals surface area contributed by atoms with Crippen molar-refractivity contribution in [2.24, 2.45) is 0 Å². The molecule has 1 aromatic rings. The van der Waals surface area contributed by atoms with Crippen LogP contribution in [0.2, 0.25) is 5.02 Å². The molecule has 2 aliphatic heterocycles. The molecule has 2 saturated heterocycles. The summed E-state index contributed by atoms with van der Waals surface area (Å²) in [5, 5.41) is 3.42. The lowest BCUT2D eigenvalue weighted by atomic mass is 9.95. The molecule has 2 aliphatic rings. The summed E-state index contributed by atoms with van der Waals surface area (Å²) in [5.74, 6) is -0.113. The summed E-state index contributed by atoms with van der Waals surface area (Å²) in [6.07, 6.45) is 3.58. The van der Waals surface area contributed by atoms with Crippen LogP contribution in [0.15, 0.2) is 18.2 Å². The maximum atomic E-state index is 12.1. The molecular formula is C13H15ClN2O2. The third-order valence-electron chi connectivity index (χ3n) is 3.69. The number of nitrogens with one attached hydrogen (secondary N) is 1. The predicted octanol–water partition coefficient (Wildman–Crippen LogP) is 1.97. The Balaban J connectivity index is 1.69. The number of rotatable bonds is 2. The van der Waals surface area contributed by atoms with Gasteiger partial charge in [-0.3, -0.25) is 4.79 Å². The molecule has 1 amide bonds. The van der Waals surface area contributed by atoms with Crippen LogP contribution in [0, 0.1) is 0 Å². The summed E-state index contributed by atoms with van der Waals surface area (Å²) >= 11 is 5.91. The molecular weight excluding hydrogens is 252 g/mol. The Morgan fingerprint density at radius 1 is 1.44 bits per heavy atom. The molecule has 2 bridgehead atoms. The van der Waals surface area contributed by atoms with Gasteiger partial charge in [0.15, 0.2) is 0 Å². The normalized spacial score (nSPS) is 29.5. The Labute approximate surface area is 110 Å². The van der Waals surface area contributed by atoms with Crippen molar-refractivity contribution >= 4 is 23.2 Å². The van der Waals surface area contributed by atoms with Gasteiger partial charge in [-0.15, -0.1) is 0 Å². The quantitative estimate of drug-likeness (QED) is 0.805. The first-order valence-electron chi connectivity index (χ1n) is 6.15. The van der Waals surface area contributed by atoms with Crippen LogP contribution in [0.1, 0.15) is 29.6 Å². The number of hydrogen-bond acceptors (Lipinski definition) is 3. The number of anilines is 1. The number of ether oxygens (including phenoxy) is 1. The third kappa shape index (κ3) is 2.06. The van der Waals surface area contributed by atoms with Crippen LogP contribution in [-0.4, -0.2) is 24.2 Å². The number of nitrogen functional groups attached to an aromatic ring is 1. The van der Waals surface area contributed by atoms with Gasteiger partial charge in [0, 0.05) is 5.56 Å². The minimum Gasteiger partial charge on any atom is -0.398 e. The summed E-state index contributed by atoms with van der Waals surface area (Å²) in [6, 6.07) is 5.06. The predicted molar refractivity (Wildman–Crippen MR) is 69.6 cm³/mol. The van der Waals surface area contributed by atoms with Crippen molar-refractivity contribution in [3.63, 3.8) is 0 Å². The van der Waals surface area contributed by atoms with Gasteiger partial charge in [0.05, 0.1) is 29.0 Å². The van der Waals surface area contributed by atoms with Crippen LogP contribution in [-0.2, 0) is 4.74 Å². The zero-order valence-electron chi connectivity index (χ0n) is 9.86. The maximum Gasteiger partial charge on any atom is 0.251 e. The first-order valence-corrected chi connectivity index (χ1v) is 6.52. The van der Waals surface area contributed by atoms with Crippen molar-refractivity contribution in [3.05, 3.63) is 28.8 Å². The van der Waals surface area contributed by atoms with Gasteiger partial charge in [-0.05, 0) is 37.5 Å². The smallest absolute Gasteiger partial charge is 0.251 e. The summed E-state index contributed by atoms with van der Waals surface area (Å²) < 4.78 is 5.70. The SMILES string of the molecule is Nc1ccc(C(=O)NC2CC3CCC2O3)cc1Cl. The molecule has 0 aliphatic carbocycles. The first kappa shape index (κ1) is 11.8. The van der Waals surface area contributed by atoms with Crippen molar-refractivity contribution in [2.75, 3.05) is 5.73 Å². The number of hydrogen-bond donors (Lipinski definition) is 2. The summed E-state index contributed by atoms with van der Waals surface area (Å²) in [6.45, 7) is 0. The highest BCUT2D eigenvalue weighted by molar-refractivity contribution is 6.33. The molecule has 1 aromatic carbocycles. The maximum absolute atomic E-state index is 12.1. The Morgan fingerprint density at radius 3 is 2.89 bits per heavy atom. The largest absolute Gasteiger partial charge is 0.398 e. The van der Waals surface area contributed by atoms with E-state index in [-0.39, 0.29) is 18.1 Å². The molecule has 3 rings (SSSR count). The summed E-state index contributed by atoms with van der Waals surface area (Å²) in [7, 11) is 0. The van der Waals surface area contributed by atoms with Gasteiger partial charge < -0.3 is 15.8 Å². The molecule has 0 spiro atoms. The molecule has 96 valence electrons. The Kier molecular flexibility index (Phi) is 2.92. The van der Waals surface area contributed by atoms with Gasteiger partial charge in [-0.25, -0.2) is 0 Å². The first-order chi connectivity index (χ1) is 8.63. The van der Waals surface area contributed by atoms with Crippen LogP contribution in [0.4, 0.5) is 5.69 Å². The molecule has 5 heteroatoms. The van der Waals surface area contributed by atoms with Crippen LogP contribution < -0.4 is 11.1 Å². The van der Waals surface area contributed by atoms with E-state index in [0.29, 0.717) is 22.4 Å². The molecule has 2 heterocycles. The molecule has 3 atom stereocenters. The lowest BCUT2D eigenvalue weighted by Crippen LogP contribution is -2.41. The summed E-state index contributed by atoms with van der Waals surface area (Å²) in [4.78, 5) is 12.1. The monoisotopic (exact) mass is 266 g/mol. The topological polar surface area (TPSA) is 64.4 Å². The number of fused-ring (bicyclic) bond motifs is 2. The Hall–Kier alpha value is -1.26. The number of benzene rings is 1. The van der Waals surface area contributed by atoms with E-state index in [0.717, 1.165) is 19.3 Å². The van der Waals surface area contributed by atoms with Crippen molar-refractivity contribution in [3.8, 4) is 0 Å². The van der Waals surface area contributed by atoms with Crippen molar-refractivity contribution in [2.45, 2.75) is 37.5 Å². The second-order valence-corrected chi connectivity index (χ2v) is 5.33. The standard InChI is InChI=1S/C13H15ClN2O2/c14-9-5-7(1-3-10(9)15)13(17)16-11-6-8-2-4-12(11)18-8/h1,3,5,8,11-12H,2,4,6,15H2,(H,16,17). The van der Waals surface area contributed by atoms with E-state index in [1.54, 1.807) is 18.2 Å². The Morgan fingerprint density at radius 2 is 2.28 bits per heavy atom. The lowest BCUT2D eigenvalue weighted by molar-refractivity contribution is 0.0841. The zero-order chi connectivity index (χ0) is 12.7. The number of halogens is 1. The molecule has 3 unspecified atom stereocenters. The van der Waals surface area contributed by atoms with Gasteiger partial charge in [-0.1, -0.05) is 11.6 Å². The minimum absolute atomic E-state index is 0.113. The number of nitrogens with two attached hydrogens (primary N) is 1. The molecule has 0 aromatic heterocycles. The highest BCUT2D eigenvalue weighted by atomic mass is 35.5. The van der Waals surface area contributed by atoms with Gasteiger partial charge in [-0.2, -0.15) is 0 Å². The van der Waals surface area contributed by atoms with E-state index in [1.807, 2.05) is 0 Å². The average molecular weight is 267 g/mol. The number of amides is 1. The molecule has 2 fully saturated rings. The minimum atomic E-state index is -0.113. The van der Waals surface area contributed by atoms with E-state index in [4.69, 9.17) is 22.1 Å². The molecule has 4 nitrogen and oxygen atoms in total. The van der Waals surface area contributed by atoms with Gasteiger partial charge in [0.1, 0.15) is 0 Å². The van der Waals surface area contributed by atoms with E-state index < -0.39 is 0 Å². The zero-order valence-corrected chi connectivity index (χ0v) is 10.6. The fraction of sp³-hybridized carbons (Fsp3) is 0.462. The van der Waals surface area contributed by atoms with Crippen LogP contribution in [0.3, 0.4) is 0 Å². The Bertz CT molecular complexity index is 492. The van der Waals surface area contributed by atoms with Gasteiger partial charge in [0.25, 0.3) is 5.91 Å². The van der Waals surface area contributed by atoms with E-state index in [9.17, 15) is 4.79 Å². The fourth-order valence-electron chi connectivity index (χ4n) is 2.71. The second kappa shape index (κ2) is 4.44. The van der Waals surface area contributed by atoms with E-state index >= 15 is 0 Å². The number of carbonyl (C=O) groups excluding carboxylic acids is 1. The molecule has 0 radical (unpaired) electrons. The van der Waals surface area contributed by atoms with E-state index in [2.05, 4.69) is 5.32 Å². The van der Waals surface area contributed by atoms with Crippen molar-refractivity contribution in [1.29, 1.82) is 0 Å². The molecule has 3 N–H and O–H groups in total. The average Bonchev–Trinajstić information content (AvgIpc) is 2.94. The van der Waals surface area contributed by atoms with Crippen molar-refractivity contribution < 1.29 is 9.53 Å². The second-order valence-electron chi connectivity index (χ2n) is 4.93. The molecule has 18 heavy (non-hydrogen) atoms. The van der Waals surface area contributed by atoms with Gasteiger partial charge >= 0.3 is 0 Å². The van der Waals surface area contributed by atoms with Gasteiger partial charge in [0.2, 0.25) is 0 Å².